The number of nitrogens with zero attached hydrogens (tertiary/aromatic N) is 1. The predicted octanol–water partition coefficient (Wildman–Crippen LogP) is 3.91. The van der Waals surface area contributed by atoms with E-state index in [1.807, 2.05) is 31.2 Å². The fraction of sp³-hybridized carbons (Fsp3) is 0.167. The topological polar surface area (TPSA) is 71.1 Å². The molecule has 3 rings (SSSR count). The lowest BCUT2D eigenvalue weighted by Gasteiger charge is -2.08. The van der Waals surface area contributed by atoms with Crippen LogP contribution in [0.15, 0.2) is 65.0 Å². The van der Waals surface area contributed by atoms with Crippen molar-refractivity contribution in [2.75, 3.05) is 16.6 Å². The maximum absolute atomic E-state index is 12.3. The van der Waals surface area contributed by atoms with Crippen molar-refractivity contribution < 1.29 is 8.42 Å². The Morgan fingerprint density at radius 1 is 1.04 bits per heavy atom. The molecule has 130 valence electrons. The van der Waals surface area contributed by atoms with Crippen LogP contribution in [-0.4, -0.2) is 19.9 Å². The van der Waals surface area contributed by atoms with Crippen LogP contribution in [0, 0.1) is 6.92 Å². The summed E-state index contributed by atoms with van der Waals surface area (Å²) in [5.41, 5.74) is 2.12. The Morgan fingerprint density at radius 3 is 2.48 bits per heavy atom. The van der Waals surface area contributed by atoms with Gasteiger partial charge in [-0.25, -0.2) is 13.4 Å². The Kier molecular flexibility index (Phi) is 5.35. The number of nitrogens with one attached hydrogen (secondary N) is 2. The number of rotatable bonds is 7. The Bertz CT molecular complexity index is 920. The van der Waals surface area contributed by atoms with Crippen molar-refractivity contribution in [1.82, 2.24) is 4.98 Å². The summed E-state index contributed by atoms with van der Waals surface area (Å²) in [7, 11) is -3.57. The third-order valence-electron chi connectivity index (χ3n) is 3.57. The molecular weight excluding hydrogens is 354 g/mol. The van der Waals surface area contributed by atoms with E-state index >= 15 is 0 Å². The molecule has 2 N–H and O–H groups in total. The molecule has 0 fully saturated rings. The van der Waals surface area contributed by atoms with Crippen LogP contribution in [0.25, 0.3) is 0 Å². The molecule has 5 nitrogen and oxygen atoms in total. The highest BCUT2D eigenvalue weighted by atomic mass is 32.2. The first-order valence-electron chi connectivity index (χ1n) is 7.86. The summed E-state index contributed by atoms with van der Waals surface area (Å²) >= 11 is 1.24. The molecule has 0 atom stereocenters. The Hall–Kier alpha value is -2.38. The maximum atomic E-state index is 12.3. The highest BCUT2D eigenvalue weighted by molar-refractivity contribution is 7.94. The van der Waals surface area contributed by atoms with E-state index in [1.54, 1.807) is 24.4 Å². The quantitative estimate of drug-likeness (QED) is 0.659. The Morgan fingerprint density at radius 2 is 1.84 bits per heavy atom. The van der Waals surface area contributed by atoms with Crippen LogP contribution in [0.1, 0.15) is 10.4 Å². The number of benzene rings is 1. The van der Waals surface area contributed by atoms with Crippen molar-refractivity contribution in [1.29, 1.82) is 0 Å². The SMILES string of the molecule is Cc1ccc(S(=O)(=O)Nc2ccc(NCCc3ccccc3)cn2)s1. The van der Waals surface area contributed by atoms with Gasteiger partial charge in [0.25, 0.3) is 10.0 Å². The van der Waals surface area contributed by atoms with Crippen LogP contribution in [0.5, 0.6) is 0 Å². The van der Waals surface area contributed by atoms with Gasteiger partial charge in [-0.2, -0.15) is 0 Å². The Labute approximate surface area is 151 Å². The number of hydrogen-bond acceptors (Lipinski definition) is 5. The van der Waals surface area contributed by atoms with Gasteiger partial charge in [-0.1, -0.05) is 30.3 Å². The largest absolute Gasteiger partial charge is 0.383 e. The second-order valence-corrected chi connectivity index (χ2v) is 8.76. The average molecular weight is 374 g/mol. The van der Waals surface area contributed by atoms with Gasteiger partial charge < -0.3 is 5.32 Å². The molecule has 0 aliphatic rings. The first-order chi connectivity index (χ1) is 12.0. The van der Waals surface area contributed by atoms with E-state index in [1.165, 1.54) is 16.9 Å². The highest BCUT2D eigenvalue weighted by Gasteiger charge is 2.16. The van der Waals surface area contributed by atoms with Crippen molar-refractivity contribution in [3.8, 4) is 0 Å². The second kappa shape index (κ2) is 7.67. The fourth-order valence-electron chi connectivity index (χ4n) is 2.30. The van der Waals surface area contributed by atoms with Gasteiger partial charge in [-0.3, -0.25) is 4.72 Å². The summed E-state index contributed by atoms with van der Waals surface area (Å²) in [5, 5.41) is 3.28. The number of sulfonamides is 1. The maximum Gasteiger partial charge on any atom is 0.272 e. The zero-order valence-electron chi connectivity index (χ0n) is 13.8. The van der Waals surface area contributed by atoms with Crippen molar-refractivity contribution in [3.05, 3.63) is 71.2 Å². The number of pyridine rings is 1. The van der Waals surface area contributed by atoms with Gasteiger partial charge in [0, 0.05) is 11.4 Å². The normalized spacial score (nSPS) is 11.2. The molecule has 7 heteroatoms. The molecule has 0 unspecified atom stereocenters. The first-order valence-corrected chi connectivity index (χ1v) is 10.2. The molecule has 0 bridgehead atoms. The van der Waals surface area contributed by atoms with Crippen LogP contribution in [0.3, 0.4) is 0 Å². The standard InChI is InChI=1S/C18H19N3O2S2/c1-14-7-10-18(24-14)25(22,23)21-17-9-8-16(13-20-17)19-12-11-15-5-3-2-4-6-15/h2-10,13,19H,11-12H2,1H3,(H,20,21). The summed E-state index contributed by atoms with van der Waals surface area (Å²) < 4.78 is 27.3. The molecule has 0 saturated carbocycles. The number of aromatic nitrogens is 1. The fourth-order valence-corrected chi connectivity index (χ4v) is 4.59. The number of thiophene rings is 1. The van der Waals surface area contributed by atoms with Crippen molar-refractivity contribution in [2.45, 2.75) is 17.6 Å². The van der Waals surface area contributed by atoms with Crippen LogP contribution in [0.2, 0.25) is 0 Å². The van der Waals surface area contributed by atoms with Crippen LogP contribution in [0.4, 0.5) is 11.5 Å². The highest BCUT2D eigenvalue weighted by Crippen LogP contribution is 2.23. The number of hydrogen-bond donors (Lipinski definition) is 2. The van der Waals surface area contributed by atoms with Crippen molar-refractivity contribution in [2.24, 2.45) is 0 Å². The minimum atomic E-state index is -3.57. The van der Waals surface area contributed by atoms with Gasteiger partial charge in [-0.05, 0) is 43.2 Å². The van der Waals surface area contributed by atoms with Gasteiger partial charge in [0.05, 0.1) is 11.9 Å². The molecule has 3 aromatic rings. The van der Waals surface area contributed by atoms with Gasteiger partial charge in [0.2, 0.25) is 0 Å². The van der Waals surface area contributed by atoms with Gasteiger partial charge >= 0.3 is 0 Å². The monoisotopic (exact) mass is 373 g/mol. The lowest BCUT2D eigenvalue weighted by atomic mass is 10.1. The zero-order valence-corrected chi connectivity index (χ0v) is 15.4. The van der Waals surface area contributed by atoms with Crippen LogP contribution >= 0.6 is 11.3 Å². The summed E-state index contributed by atoms with van der Waals surface area (Å²) in [6.45, 7) is 2.66. The summed E-state index contributed by atoms with van der Waals surface area (Å²) in [6.07, 6.45) is 2.54. The lowest BCUT2D eigenvalue weighted by Crippen LogP contribution is -2.12. The van der Waals surface area contributed by atoms with E-state index < -0.39 is 10.0 Å². The van der Waals surface area contributed by atoms with Gasteiger partial charge in [-0.15, -0.1) is 11.3 Å². The number of anilines is 2. The van der Waals surface area contributed by atoms with E-state index in [0.29, 0.717) is 5.82 Å². The van der Waals surface area contributed by atoms with E-state index in [0.717, 1.165) is 23.5 Å². The minimum Gasteiger partial charge on any atom is -0.383 e. The molecule has 1 aromatic carbocycles. The Balaban J connectivity index is 1.57. The smallest absolute Gasteiger partial charge is 0.272 e. The number of aryl methyl sites for hydroxylation is 1. The molecule has 0 aliphatic heterocycles. The molecule has 0 amide bonds. The lowest BCUT2D eigenvalue weighted by molar-refractivity contribution is 0.603. The molecule has 2 heterocycles. The summed E-state index contributed by atoms with van der Waals surface area (Å²) in [4.78, 5) is 5.12. The molecule has 2 aromatic heterocycles. The van der Waals surface area contributed by atoms with Gasteiger partial charge in [0.1, 0.15) is 10.0 Å². The van der Waals surface area contributed by atoms with Gasteiger partial charge in [0.15, 0.2) is 0 Å². The summed E-state index contributed by atoms with van der Waals surface area (Å²) in [6, 6.07) is 17.1. The van der Waals surface area contributed by atoms with E-state index in [2.05, 4.69) is 27.2 Å². The van der Waals surface area contributed by atoms with Crippen molar-refractivity contribution >= 4 is 32.9 Å². The molecule has 0 radical (unpaired) electrons. The molecular formula is C18H19N3O2S2. The molecule has 0 spiro atoms. The minimum absolute atomic E-state index is 0.289. The summed E-state index contributed by atoms with van der Waals surface area (Å²) in [5.74, 6) is 0.305. The van der Waals surface area contributed by atoms with Crippen molar-refractivity contribution in [3.63, 3.8) is 0 Å². The third kappa shape index (κ3) is 4.80. The second-order valence-electron chi connectivity index (χ2n) is 5.57. The van der Waals surface area contributed by atoms with E-state index in [9.17, 15) is 8.42 Å². The average Bonchev–Trinajstić information content (AvgIpc) is 3.05. The predicted molar refractivity (Wildman–Crippen MR) is 103 cm³/mol. The van der Waals surface area contributed by atoms with Crippen LogP contribution in [-0.2, 0) is 16.4 Å². The molecule has 0 saturated heterocycles. The van der Waals surface area contributed by atoms with Crippen LogP contribution < -0.4 is 10.0 Å². The molecule has 0 aliphatic carbocycles. The third-order valence-corrected chi connectivity index (χ3v) is 6.42. The first kappa shape index (κ1) is 17.4. The van der Waals surface area contributed by atoms with E-state index in [-0.39, 0.29) is 4.21 Å². The van der Waals surface area contributed by atoms with E-state index in [4.69, 9.17) is 0 Å². The zero-order chi connectivity index (χ0) is 17.7. The molecule has 25 heavy (non-hydrogen) atoms.